The van der Waals surface area contributed by atoms with Crippen LogP contribution in [0.3, 0.4) is 0 Å². The number of rotatable bonds is 5. The molecule has 2 heteroatoms. The van der Waals surface area contributed by atoms with Crippen molar-refractivity contribution in [1.29, 1.82) is 0 Å². The molecule has 1 aliphatic heterocycles. The fraction of sp³-hybridized carbons (Fsp3) is 0.643. The average Bonchev–Trinajstić information content (AvgIpc) is 2.83. The molecule has 2 aliphatic rings. The number of allylic oxidation sites excluding steroid dienone is 3. The number of aliphatic imine (C=N–C) groups is 1. The molecule has 1 saturated carbocycles. The molecule has 0 aromatic rings. The van der Waals surface area contributed by atoms with Gasteiger partial charge in [0.2, 0.25) is 0 Å². The lowest BCUT2D eigenvalue weighted by Gasteiger charge is -1.95. The quantitative estimate of drug-likeness (QED) is 0.517. The molecule has 16 heavy (non-hydrogen) atoms. The molecule has 0 radical (unpaired) electrons. The molecule has 0 saturated heterocycles. The summed E-state index contributed by atoms with van der Waals surface area (Å²) in [5.74, 6) is 2.87. The lowest BCUT2D eigenvalue weighted by atomic mass is 10.2. The fourth-order valence-electron chi connectivity index (χ4n) is 1.99. The zero-order valence-corrected chi connectivity index (χ0v) is 11.0. The Balaban J connectivity index is 1.73. The van der Waals surface area contributed by atoms with Crippen LogP contribution in [0.4, 0.5) is 0 Å². The summed E-state index contributed by atoms with van der Waals surface area (Å²) in [5, 5.41) is 1.43. The molecule has 1 fully saturated rings. The van der Waals surface area contributed by atoms with Gasteiger partial charge in [-0.1, -0.05) is 31.2 Å². The molecule has 1 aliphatic carbocycles. The van der Waals surface area contributed by atoms with E-state index in [1.165, 1.54) is 17.2 Å². The molecule has 1 nitrogen and oxygen atoms in total. The van der Waals surface area contributed by atoms with Gasteiger partial charge in [-0.2, -0.15) is 0 Å². The molecule has 1 heterocycles. The van der Waals surface area contributed by atoms with Gasteiger partial charge in [0, 0.05) is 11.7 Å². The first kappa shape index (κ1) is 12.0. The predicted molar refractivity (Wildman–Crippen MR) is 74.1 cm³/mol. The van der Waals surface area contributed by atoms with Crippen LogP contribution in [0.2, 0.25) is 0 Å². The third-order valence-corrected chi connectivity index (χ3v) is 4.43. The average molecular weight is 235 g/mol. The first-order valence-corrected chi connectivity index (χ1v) is 7.28. The lowest BCUT2D eigenvalue weighted by molar-refractivity contribution is 0.906. The molecule has 3 atom stereocenters. The lowest BCUT2D eigenvalue weighted by Crippen LogP contribution is -1.97. The van der Waals surface area contributed by atoms with E-state index < -0.39 is 0 Å². The maximum Gasteiger partial charge on any atom is 0.0783 e. The first-order chi connectivity index (χ1) is 7.81. The highest BCUT2D eigenvalue weighted by atomic mass is 32.2. The minimum atomic E-state index is 0.457. The summed E-state index contributed by atoms with van der Waals surface area (Å²) in [4.78, 5) is 4.79. The van der Waals surface area contributed by atoms with Crippen LogP contribution < -0.4 is 0 Å². The molecule has 0 aromatic carbocycles. The van der Waals surface area contributed by atoms with E-state index in [1.54, 1.807) is 0 Å². The summed E-state index contributed by atoms with van der Waals surface area (Å²) >= 11 is 1.98. The van der Waals surface area contributed by atoms with Crippen LogP contribution in [0, 0.1) is 11.8 Å². The van der Waals surface area contributed by atoms with Crippen molar-refractivity contribution in [1.82, 2.24) is 0 Å². The molecule has 0 aromatic heterocycles. The molecular weight excluding hydrogens is 214 g/mol. The SMILES string of the molecule is C/C=C/CC/C=C\C1CSC(C2C[C@@H]2C)=N1. The van der Waals surface area contributed by atoms with E-state index in [0.29, 0.717) is 6.04 Å². The van der Waals surface area contributed by atoms with Crippen molar-refractivity contribution < 1.29 is 0 Å². The standard InChI is InChI=1S/C14H21NS/c1-3-4-5-6-7-8-12-10-16-14(15-12)13-9-11(13)2/h3-4,7-8,11-13H,5-6,9-10H2,1-2H3/b4-3+,8-7-/t11-,12?,13?/m0/s1. The molecule has 0 spiro atoms. The highest BCUT2D eigenvalue weighted by Crippen LogP contribution is 2.44. The summed E-state index contributed by atoms with van der Waals surface area (Å²) in [6, 6.07) is 0.457. The van der Waals surface area contributed by atoms with Crippen LogP contribution in [0.1, 0.15) is 33.1 Å². The summed E-state index contributed by atoms with van der Waals surface area (Å²) < 4.78 is 0. The van der Waals surface area contributed by atoms with Gasteiger partial charge in [-0.25, -0.2) is 0 Å². The van der Waals surface area contributed by atoms with Gasteiger partial charge >= 0.3 is 0 Å². The summed E-state index contributed by atoms with van der Waals surface area (Å²) in [7, 11) is 0. The molecule has 88 valence electrons. The van der Waals surface area contributed by atoms with Crippen LogP contribution in [-0.4, -0.2) is 16.8 Å². The summed E-state index contributed by atoms with van der Waals surface area (Å²) in [6.45, 7) is 4.40. The topological polar surface area (TPSA) is 12.4 Å². The number of unbranched alkanes of at least 4 members (excludes halogenated alkanes) is 1. The molecule has 0 N–H and O–H groups in total. The Labute approximate surface area is 103 Å². The van der Waals surface area contributed by atoms with Crippen LogP contribution in [0.5, 0.6) is 0 Å². The number of hydrogen-bond donors (Lipinski definition) is 0. The van der Waals surface area contributed by atoms with Crippen LogP contribution in [0.25, 0.3) is 0 Å². The highest BCUT2D eigenvalue weighted by molar-refractivity contribution is 8.14. The second-order valence-corrected chi connectivity index (χ2v) is 5.78. The minimum absolute atomic E-state index is 0.457. The maximum atomic E-state index is 4.79. The normalized spacial score (nSPS) is 33.9. The van der Waals surface area contributed by atoms with E-state index in [-0.39, 0.29) is 0 Å². The van der Waals surface area contributed by atoms with Gasteiger partial charge in [0.1, 0.15) is 0 Å². The van der Waals surface area contributed by atoms with E-state index >= 15 is 0 Å². The Morgan fingerprint density at radius 2 is 2.12 bits per heavy atom. The van der Waals surface area contributed by atoms with Crippen molar-refractivity contribution in [2.45, 2.75) is 39.2 Å². The molecular formula is C14H21NS. The van der Waals surface area contributed by atoms with Crippen molar-refractivity contribution in [2.24, 2.45) is 16.8 Å². The minimum Gasteiger partial charge on any atom is -0.274 e. The van der Waals surface area contributed by atoms with Gasteiger partial charge in [-0.15, -0.1) is 11.8 Å². The van der Waals surface area contributed by atoms with E-state index in [1.807, 2.05) is 11.8 Å². The van der Waals surface area contributed by atoms with Gasteiger partial charge in [-0.05, 0) is 32.1 Å². The zero-order valence-electron chi connectivity index (χ0n) is 10.2. The van der Waals surface area contributed by atoms with E-state index in [2.05, 4.69) is 38.2 Å². The third kappa shape index (κ3) is 3.24. The largest absolute Gasteiger partial charge is 0.274 e. The van der Waals surface area contributed by atoms with Crippen molar-refractivity contribution in [2.75, 3.05) is 5.75 Å². The van der Waals surface area contributed by atoms with Gasteiger partial charge in [0.15, 0.2) is 0 Å². The van der Waals surface area contributed by atoms with Crippen molar-refractivity contribution in [3.8, 4) is 0 Å². The van der Waals surface area contributed by atoms with E-state index in [0.717, 1.165) is 24.7 Å². The van der Waals surface area contributed by atoms with Crippen LogP contribution in [0.15, 0.2) is 29.3 Å². The van der Waals surface area contributed by atoms with Gasteiger partial charge in [0.25, 0.3) is 0 Å². The Morgan fingerprint density at radius 3 is 2.81 bits per heavy atom. The first-order valence-electron chi connectivity index (χ1n) is 6.29. The maximum absolute atomic E-state index is 4.79. The monoisotopic (exact) mass is 235 g/mol. The molecule has 2 unspecified atom stereocenters. The van der Waals surface area contributed by atoms with E-state index in [4.69, 9.17) is 4.99 Å². The van der Waals surface area contributed by atoms with Gasteiger partial charge < -0.3 is 0 Å². The van der Waals surface area contributed by atoms with Gasteiger partial charge in [-0.3, -0.25) is 4.99 Å². The van der Waals surface area contributed by atoms with Gasteiger partial charge in [0.05, 0.1) is 11.1 Å². The Morgan fingerprint density at radius 1 is 1.38 bits per heavy atom. The summed E-state index contributed by atoms with van der Waals surface area (Å²) in [6.07, 6.45) is 12.6. The predicted octanol–water partition coefficient (Wildman–Crippen LogP) is 4.07. The Hall–Kier alpha value is -0.500. The molecule has 0 amide bonds. The van der Waals surface area contributed by atoms with Crippen molar-refractivity contribution >= 4 is 16.8 Å². The Bertz CT molecular complexity index is 317. The fourth-order valence-corrected chi connectivity index (χ4v) is 3.27. The summed E-state index contributed by atoms with van der Waals surface area (Å²) in [5.41, 5.74) is 0. The van der Waals surface area contributed by atoms with E-state index in [9.17, 15) is 0 Å². The number of hydrogen-bond acceptors (Lipinski definition) is 2. The third-order valence-electron chi connectivity index (χ3n) is 3.22. The van der Waals surface area contributed by atoms with Crippen molar-refractivity contribution in [3.05, 3.63) is 24.3 Å². The van der Waals surface area contributed by atoms with Crippen molar-refractivity contribution in [3.63, 3.8) is 0 Å². The smallest absolute Gasteiger partial charge is 0.0783 e. The zero-order chi connectivity index (χ0) is 11.4. The molecule has 2 rings (SSSR count). The van der Waals surface area contributed by atoms with Crippen LogP contribution in [-0.2, 0) is 0 Å². The second kappa shape index (κ2) is 5.72. The second-order valence-electron chi connectivity index (χ2n) is 4.74. The highest BCUT2D eigenvalue weighted by Gasteiger charge is 2.39. The number of thioether (sulfide) groups is 1. The number of nitrogens with zero attached hydrogens (tertiary/aromatic N) is 1. The molecule has 0 bridgehead atoms. The van der Waals surface area contributed by atoms with Crippen LogP contribution >= 0.6 is 11.8 Å². The Kier molecular flexibility index (Phi) is 4.28.